The molecule has 2 aromatic carbocycles. The van der Waals surface area contributed by atoms with Gasteiger partial charge in [-0.05, 0) is 75.4 Å². The number of amides is 2. The van der Waals surface area contributed by atoms with Crippen molar-refractivity contribution in [2.75, 3.05) is 23.3 Å². The van der Waals surface area contributed by atoms with Gasteiger partial charge in [0.1, 0.15) is 11.6 Å². The summed E-state index contributed by atoms with van der Waals surface area (Å²) in [6.45, 7) is 5.90. The maximum absolute atomic E-state index is 13.2. The number of carbonyl (C=O) groups is 1. The zero-order valence-corrected chi connectivity index (χ0v) is 21.9. The molecule has 0 aliphatic carbocycles. The first-order valence-corrected chi connectivity index (χ1v) is 13.5. The van der Waals surface area contributed by atoms with Gasteiger partial charge in [-0.3, -0.25) is 9.80 Å². The van der Waals surface area contributed by atoms with Crippen LogP contribution in [-0.2, 0) is 6.42 Å². The minimum Gasteiger partial charge on any atom is -0.312 e. The van der Waals surface area contributed by atoms with E-state index in [1.54, 1.807) is 12.1 Å². The van der Waals surface area contributed by atoms with Crippen LogP contribution in [-0.4, -0.2) is 50.9 Å². The minimum atomic E-state index is -0.125. The summed E-state index contributed by atoms with van der Waals surface area (Å²) in [5, 5.41) is 12.4. The summed E-state index contributed by atoms with van der Waals surface area (Å²) in [6, 6.07) is 18.7. The molecule has 1 unspecified atom stereocenters. The summed E-state index contributed by atoms with van der Waals surface area (Å²) in [7, 11) is 0. The normalized spacial score (nSPS) is 21.5. The Bertz CT molecular complexity index is 1150. The topological polar surface area (TPSA) is 66.3 Å². The highest BCUT2D eigenvalue weighted by molar-refractivity contribution is 6.30. The Kier molecular flexibility index (Phi) is 7.58. The zero-order valence-electron chi connectivity index (χ0n) is 21.1. The number of benzene rings is 2. The molecule has 1 aromatic heterocycles. The van der Waals surface area contributed by atoms with Crippen LogP contribution in [0.4, 0.5) is 16.2 Å². The van der Waals surface area contributed by atoms with E-state index in [4.69, 9.17) is 11.6 Å². The van der Waals surface area contributed by atoms with E-state index in [2.05, 4.69) is 38.8 Å². The SMILES string of the molecule is CCc1nnc(C)n1C1C[C@H]2CC[C@@H](C1)N2CCCN(C(=O)Nc1ccc(Cl)cc1)c1ccccc1. The van der Waals surface area contributed by atoms with Gasteiger partial charge < -0.3 is 9.88 Å². The van der Waals surface area contributed by atoms with Gasteiger partial charge >= 0.3 is 6.03 Å². The number of piperidine rings is 1. The first-order valence-electron chi connectivity index (χ1n) is 13.1. The van der Waals surface area contributed by atoms with Crippen LogP contribution < -0.4 is 10.2 Å². The van der Waals surface area contributed by atoms with Gasteiger partial charge in [0.2, 0.25) is 0 Å². The van der Waals surface area contributed by atoms with Crippen LogP contribution in [0.5, 0.6) is 0 Å². The maximum atomic E-state index is 13.2. The Labute approximate surface area is 218 Å². The quantitative estimate of drug-likeness (QED) is 0.401. The summed E-state index contributed by atoms with van der Waals surface area (Å²) in [5.74, 6) is 2.14. The van der Waals surface area contributed by atoms with Gasteiger partial charge in [0.05, 0.1) is 0 Å². The van der Waals surface area contributed by atoms with Crippen molar-refractivity contribution in [2.45, 2.75) is 70.5 Å². The van der Waals surface area contributed by atoms with Crippen molar-refractivity contribution in [1.29, 1.82) is 0 Å². The molecule has 3 aromatic rings. The molecule has 2 saturated heterocycles. The first-order chi connectivity index (χ1) is 17.5. The molecule has 190 valence electrons. The van der Waals surface area contributed by atoms with E-state index in [0.29, 0.717) is 29.7 Å². The lowest BCUT2D eigenvalue weighted by Gasteiger charge is -2.40. The Morgan fingerprint density at radius 1 is 1.03 bits per heavy atom. The van der Waals surface area contributed by atoms with Crippen LogP contribution in [0.2, 0.25) is 5.02 Å². The molecule has 2 aliphatic heterocycles. The lowest BCUT2D eigenvalue weighted by Crippen LogP contribution is -2.45. The average Bonchev–Trinajstić information content (AvgIpc) is 3.38. The van der Waals surface area contributed by atoms with Crippen molar-refractivity contribution in [2.24, 2.45) is 0 Å². The maximum Gasteiger partial charge on any atom is 0.326 e. The number of hydrogen-bond acceptors (Lipinski definition) is 4. The molecule has 2 bridgehead atoms. The number of fused-ring (bicyclic) bond motifs is 2. The largest absolute Gasteiger partial charge is 0.326 e. The Hall–Kier alpha value is -2.90. The third kappa shape index (κ3) is 5.27. The van der Waals surface area contributed by atoms with Gasteiger partial charge in [0, 0.05) is 54.0 Å². The van der Waals surface area contributed by atoms with Crippen LogP contribution in [0.3, 0.4) is 0 Å². The van der Waals surface area contributed by atoms with E-state index in [-0.39, 0.29) is 6.03 Å². The van der Waals surface area contributed by atoms with E-state index < -0.39 is 0 Å². The lowest BCUT2D eigenvalue weighted by molar-refractivity contribution is 0.104. The van der Waals surface area contributed by atoms with Gasteiger partial charge in [-0.2, -0.15) is 0 Å². The zero-order chi connectivity index (χ0) is 25.1. The molecule has 3 atom stereocenters. The van der Waals surface area contributed by atoms with E-state index in [9.17, 15) is 4.79 Å². The molecule has 2 amide bonds. The molecule has 0 spiro atoms. The fourth-order valence-electron chi connectivity index (χ4n) is 6.04. The number of carbonyl (C=O) groups excluding carboxylic acids is 1. The number of aromatic nitrogens is 3. The fraction of sp³-hybridized carbons (Fsp3) is 0.464. The smallest absolute Gasteiger partial charge is 0.312 e. The summed E-state index contributed by atoms with van der Waals surface area (Å²) >= 11 is 6.00. The molecule has 1 N–H and O–H groups in total. The Morgan fingerprint density at radius 2 is 1.72 bits per heavy atom. The predicted octanol–water partition coefficient (Wildman–Crippen LogP) is 6.10. The summed E-state index contributed by atoms with van der Waals surface area (Å²) in [5.41, 5.74) is 1.64. The molecule has 0 saturated carbocycles. The van der Waals surface area contributed by atoms with E-state index in [0.717, 1.165) is 55.3 Å². The number of para-hydroxylation sites is 1. The molecule has 7 nitrogen and oxygen atoms in total. The van der Waals surface area contributed by atoms with Crippen molar-refractivity contribution in [3.8, 4) is 0 Å². The van der Waals surface area contributed by atoms with Gasteiger partial charge in [-0.15, -0.1) is 10.2 Å². The molecule has 3 heterocycles. The second-order valence-corrected chi connectivity index (χ2v) is 10.3. The van der Waals surface area contributed by atoms with Gasteiger partial charge in [0.15, 0.2) is 0 Å². The number of halogens is 1. The standard InChI is InChI=1S/C28H35ClN6O/c1-3-27-32-31-20(2)35(27)26-18-24-14-15-25(19-26)33(24)16-7-17-34(23-8-5-4-6-9-23)28(36)30-22-12-10-21(29)11-13-22/h4-6,8-13,24-26H,3,7,14-19H2,1-2H3,(H,30,36)/t24-,25+,26?. The summed E-state index contributed by atoms with van der Waals surface area (Å²) in [4.78, 5) is 17.8. The number of nitrogens with zero attached hydrogens (tertiary/aromatic N) is 5. The van der Waals surface area contributed by atoms with Gasteiger partial charge in [-0.1, -0.05) is 36.7 Å². The molecule has 2 fully saturated rings. The number of nitrogens with one attached hydrogen (secondary N) is 1. The van der Waals surface area contributed by atoms with Crippen LogP contribution in [0, 0.1) is 6.92 Å². The second-order valence-electron chi connectivity index (χ2n) is 9.91. The van der Waals surface area contributed by atoms with Crippen molar-refractivity contribution < 1.29 is 4.79 Å². The van der Waals surface area contributed by atoms with Crippen molar-refractivity contribution >= 4 is 29.0 Å². The van der Waals surface area contributed by atoms with Crippen LogP contribution in [0.1, 0.15) is 56.7 Å². The molecule has 5 rings (SSSR count). The minimum absolute atomic E-state index is 0.125. The molecule has 36 heavy (non-hydrogen) atoms. The highest BCUT2D eigenvalue weighted by Gasteiger charge is 2.41. The Morgan fingerprint density at radius 3 is 2.39 bits per heavy atom. The fourth-order valence-corrected chi connectivity index (χ4v) is 6.17. The third-order valence-electron chi connectivity index (χ3n) is 7.68. The third-order valence-corrected chi connectivity index (χ3v) is 7.94. The van der Waals surface area contributed by atoms with Crippen molar-refractivity contribution in [3.63, 3.8) is 0 Å². The van der Waals surface area contributed by atoms with Crippen molar-refractivity contribution in [3.05, 3.63) is 71.3 Å². The molecular formula is C28H35ClN6O. The van der Waals surface area contributed by atoms with E-state index in [1.165, 1.54) is 12.8 Å². The first kappa shape index (κ1) is 24.8. The molecule has 8 heteroatoms. The van der Waals surface area contributed by atoms with Gasteiger partial charge in [-0.25, -0.2) is 4.79 Å². The van der Waals surface area contributed by atoms with E-state index >= 15 is 0 Å². The van der Waals surface area contributed by atoms with E-state index in [1.807, 2.05) is 47.4 Å². The second kappa shape index (κ2) is 11.0. The molecule has 0 radical (unpaired) electrons. The van der Waals surface area contributed by atoms with Crippen LogP contribution >= 0.6 is 11.6 Å². The highest BCUT2D eigenvalue weighted by atomic mass is 35.5. The summed E-state index contributed by atoms with van der Waals surface area (Å²) < 4.78 is 2.39. The number of anilines is 2. The van der Waals surface area contributed by atoms with Gasteiger partial charge in [0.25, 0.3) is 0 Å². The monoisotopic (exact) mass is 506 g/mol. The number of hydrogen-bond donors (Lipinski definition) is 1. The number of rotatable bonds is 8. The van der Waals surface area contributed by atoms with Crippen molar-refractivity contribution in [1.82, 2.24) is 19.7 Å². The lowest BCUT2D eigenvalue weighted by atomic mass is 9.96. The van der Waals surface area contributed by atoms with Crippen LogP contribution in [0.15, 0.2) is 54.6 Å². The number of urea groups is 1. The predicted molar refractivity (Wildman–Crippen MR) is 145 cm³/mol. The molecule has 2 aliphatic rings. The van der Waals surface area contributed by atoms with Crippen LogP contribution in [0.25, 0.3) is 0 Å². The number of aryl methyl sites for hydroxylation is 2. The summed E-state index contributed by atoms with van der Waals surface area (Å²) in [6.07, 6.45) is 6.66. The highest BCUT2D eigenvalue weighted by Crippen LogP contribution is 2.41. The average molecular weight is 507 g/mol. The Balaban J connectivity index is 1.22. The molecular weight excluding hydrogens is 472 g/mol.